The minimum atomic E-state index is -0.382. The van der Waals surface area contributed by atoms with Crippen molar-refractivity contribution in [3.05, 3.63) is 91.4 Å². The Labute approximate surface area is 232 Å². The Balaban J connectivity index is 1.53. The summed E-state index contributed by atoms with van der Waals surface area (Å²) in [6.45, 7) is 0.296. The maximum atomic E-state index is 12.2. The van der Waals surface area contributed by atoms with E-state index in [0.717, 1.165) is 5.56 Å². The molecule has 190 valence electrons. The van der Waals surface area contributed by atoms with Crippen molar-refractivity contribution in [3.8, 4) is 17.6 Å². The van der Waals surface area contributed by atoms with Gasteiger partial charge in [-0.25, -0.2) is 5.43 Å². The van der Waals surface area contributed by atoms with E-state index in [0.29, 0.717) is 37.7 Å². The molecular weight excluding hydrogens is 583 g/mol. The monoisotopic (exact) mass is 602 g/mol. The molecule has 0 spiro atoms. The van der Waals surface area contributed by atoms with Crippen molar-refractivity contribution in [2.75, 3.05) is 13.7 Å². The number of hydrogen-bond donors (Lipinski definition) is 2. The highest BCUT2D eigenvalue weighted by Gasteiger charge is 2.13. The fourth-order valence-corrected chi connectivity index (χ4v) is 4.00. The quantitative estimate of drug-likeness (QED) is 0.235. The number of nitrogens with one attached hydrogen (secondary N) is 2. The van der Waals surface area contributed by atoms with Crippen molar-refractivity contribution in [2.24, 2.45) is 5.10 Å². The molecule has 37 heavy (non-hydrogen) atoms. The Kier molecular flexibility index (Phi) is 10.3. The highest BCUT2D eigenvalue weighted by atomic mass is 79.9. The van der Waals surface area contributed by atoms with Gasteiger partial charge in [0.05, 0.1) is 39.5 Å². The number of nitriles is 1. The summed E-state index contributed by atoms with van der Waals surface area (Å²) in [6.07, 6.45) is 1.47. The van der Waals surface area contributed by atoms with Crippen LogP contribution in [-0.4, -0.2) is 31.7 Å². The predicted molar refractivity (Wildman–Crippen MR) is 145 cm³/mol. The third-order valence-corrected chi connectivity index (χ3v) is 6.31. The number of hydrogen-bond acceptors (Lipinski definition) is 6. The molecule has 2 amide bonds. The van der Waals surface area contributed by atoms with E-state index in [1.807, 2.05) is 12.1 Å². The van der Waals surface area contributed by atoms with Crippen molar-refractivity contribution in [3.63, 3.8) is 0 Å². The van der Waals surface area contributed by atoms with Crippen LogP contribution in [-0.2, 0) is 11.4 Å². The molecule has 0 aromatic heterocycles. The van der Waals surface area contributed by atoms with E-state index in [4.69, 9.17) is 32.7 Å². The second-order valence-electron chi connectivity index (χ2n) is 7.52. The SMILES string of the molecule is COc1cc(C=NNC(=O)CCNC(=O)c2ccc(Cl)c(Cl)c2)cc(Br)c1OCc1ccccc1C#N. The highest BCUT2D eigenvalue weighted by Crippen LogP contribution is 2.37. The number of halogens is 3. The Hall–Kier alpha value is -3.58. The zero-order valence-corrected chi connectivity index (χ0v) is 22.7. The molecule has 0 bridgehead atoms. The number of carbonyl (C=O) groups excluding carboxylic acids is 2. The molecular formula is C26H21BrCl2N4O4. The predicted octanol–water partition coefficient (Wildman–Crippen LogP) is 5.49. The van der Waals surface area contributed by atoms with Gasteiger partial charge < -0.3 is 14.8 Å². The summed E-state index contributed by atoms with van der Waals surface area (Å²) in [4.78, 5) is 24.2. The zero-order valence-electron chi connectivity index (χ0n) is 19.6. The van der Waals surface area contributed by atoms with Gasteiger partial charge in [-0.2, -0.15) is 10.4 Å². The van der Waals surface area contributed by atoms with Crippen LogP contribution in [0.1, 0.15) is 33.5 Å². The van der Waals surface area contributed by atoms with Gasteiger partial charge in [0.1, 0.15) is 6.61 Å². The minimum Gasteiger partial charge on any atom is -0.493 e. The Bertz CT molecular complexity index is 1380. The van der Waals surface area contributed by atoms with Crippen LogP contribution >= 0.6 is 39.1 Å². The van der Waals surface area contributed by atoms with E-state index >= 15 is 0 Å². The van der Waals surface area contributed by atoms with Gasteiger partial charge in [-0.3, -0.25) is 9.59 Å². The van der Waals surface area contributed by atoms with Crippen LogP contribution in [0.5, 0.6) is 11.5 Å². The van der Waals surface area contributed by atoms with Crippen LogP contribution < -0.4 is 20.2 Å². The number of benzene rings is 3. The average molecular weight is 604 g/mol. The molecule has 0 aliphatic heterocycles. The van der Waals surface area contributed by atoms with E-state index in [2.05, 4.69) is 37.8 Å². The third kappa shape index (κ3) is 7.95. The van der Waals surface area contributed by atoms with Crippen molar-refractivity contribution >= 4 is 57.2 Å². The molecule has 0 saturated carbocycles. The zero-order chi connectivity index (χ0) is 26.8. The van der Waals surface area contributed by atoms with Crippen molar-refractivity contribution in [1.82, 2.24) is 10.7 Å². The first-order valence-corrected chi connectivity index (χ1v) is 12.4. The number of amides is 2. The molecule has 0 fully saturated rings. The molecule has 0 heterocycles. The molecule has 3 rings (SSSR count). The van der Waals surface area contributed by atoms with Gasteiger partial charge in [-0.05, 0) is 57.9 Å². The van der Waals surface area contributed by atoms with E-state index in [1.165, 1.54) is 25.5 Å². The highest BCUT2D eigenvalue weighted by molar-refractivity contribution is 9.10. The van der Waals surface area contributed by atoms with Gasteiger partial charge in [0, 0.05) is 24.1 Å². The number of nitrogens with zero attached hydrogens (tertiary/aromatic N) is 2. The van der Waals surface area contributed by atoms with Crippen LogP contribution in [0, 0.1) is 11.3 Å². The molecule has 2 N–H and O–H groups in total. The lowest BCUT2D eigenvalue weighted by Crippen LogP contribution is -2.29. The summed E-state index contributed by atoms with van der Waals surface area (Å²) in [7, 11) is 1.51. The van der Waals surface area contributed by atoms with Crippen LogP contribution in [0.4, 0.5) is 0 Å². The second kappa shape index (κ2) is 13.7. The first kappa shape index (κ1) is 28.0. The average Bonchev–Trinajstić information content (AvgIpc) is 2.89. The van der Waals surface area contributed by atoms with Crippen LogP contribution in [0.15, 0.2) is 64.2 Å². The molecule has 8 nitrogen and oxygen atoms in total. The minimum absolute atomic E-state index is 0.0222. The summed E-state index contributed by atoms with van der Waals surface area (Å²) < 4.78 is 12.0. The van der Waals surface area contributed by atoms with Gasteiger partial charge in [0.25, 0.3) is 5.91 Å². The van der Waals surface area contributed by atoms with E-state index in [9.17, 15) is 14.9 Å². The maximum Gasteiger partial charge on any atom is 0.251 e. The lowest BCUT2D eigenvalue weighted by molar-refractivity contribution is -0.120. The van der Waals surface area contributed by atoms with Crippen LogP contribution in [0.2, 0.25) is 10.0 Å². The first-order chi connectivity index (χ1) is 17.8. The van der Waals surface area contributed by atoms with E-state index in [-0.39, 0.29) is 36.4 Å². The number of hydrazone groups is 1. The largest absolute Gasteiger partial charge is 0.493 e. The molecule has 3 aromatic rings. The lowest BCUT2D eigenvalue weighted by atomic mass is 10.1. The van der Waals surface area contributed by atoms with Crippen LogP contribution in [0.25, 0.3) is 0 Å². The van der Waals surface area contributed by atoms with Crippen LogP contribution in [0.3, 0.4) is 0 Å². The molecule has 0 aliphatic rings. The van der Waals surface area contributed by atoms with E-state index < -0.39 is 0 Å². The summed E-state index contributed by atoms with van der Waals surface area (Å²) in [5, 5.41) is 16.5. The normalized spacial score (nSPS) is 10.6. The summed E-state index contributed by atoms with van der Waals surface area (Å²) >= 11 is 15.2. The van der Waals surface area contributed by atoms with Gasteiger partial charge in [-0.15, -0.1) is 0 Å². The molecule has 0 aliphatic carbocycles. The topological polar surface area (TPSA) is 113 Å². The number of rotatable bonds is 10. The van der Waals surface area contributed by atoms with Gasteiger partial charge in [0.2, 0.25) is 5.91 Å². The number of ether oxygens (including phenoxy) is 2. The van der Waals surface area contributed by atoms with Crippen molar-refractivity contribution in [1.29, 1.82) is 5.26 Å². The van der Waals surface area contributed by atoms with Gasteiger partial charge in [0.15, 0.2) is 11.5 Å². The maximum absolute atomic E-state index is 12.2. The Morgan fingerprint density at radius 2 is 1.92 bits per heavy atom. The van der Waals surface area contributed by atoms with Gasteiger partial charge in [-0.1, -0.05) is 41.4 Å². The Morgan fingerprint density at radius 3 is 2.65 bits per heavy atom. The molecule has 0 unspecified atom stereocenters. The summed E-state index contributed by atoms with van der Waals surface area (Å²) in [5.74, 6) is 0.161. The molecule has 0 radical (unpaired) electrons. The number of methoxy groups -OCH3 is 1. The first-order valence-electron chi connectivity index (χ1n) is 10.9. The van der Waals surface area contributed by atoms with Crippen molar-refractivity contribution < 1.29 is 19.1 Å². The standard InChI is InChI=1S/C26H21BrCl2N4O4/c1-36-23-11-16(10-20(27)25(23)37-15-19-5-3-2-4-18(19)13-30)14-32-33-24(34)8-9-31-26(35)17-6-7-21(28)22(29)12-17/h2-7,10-12,14H,8-9,15H2,1H3,(H,31,35)(H,33,34). The Morgan fingerprint density at radius 1 is 1.14 bits per heavy atom. The smallest absolute Gasteiger partial charge is 0.251 e. The summed E-state index contributed by atoms with van der Waals surface area (Å²) in [5.41, 5.74) is 4.68. The molecule has 11 heteroatoms. The molecule has 0 atom stereocenters. The molecule has 0 saturated heterocycles. The lowest BCUT2D eigenvalue weighted by Gasteiger charge is -2.14. The number of carbonyl (C=O) groups is 2. The van der Waals surface area contributed by atoms with Crippen molar-refractivity contribution in [2.45, 2.75) is 13.0 Å². The fourth-order valence-electron chi connectivity index (χ4n) is 3.12. The second-order valence-corrected chi connectivity index (χ2v) is 9.19. The summed E-state index contributed by atoms with van der Waals surface area (Å²) in [6, 6.07) is 17.3. The van der Waals surface area contributed by atoms with E-state index in [1.54, 1.807) is 30.3 Å². The third-order valence-electron chi connectivity index (χ3n) is 4.98. The fraction of sp³-hybridized carbons (Fsp3) is 0.154. The molecule has 3 aromatic carbocycles. The van der Waals surface area contributed by atoms with Gasteiger partial charge >= 0.3 is 0 Å².